The molecule has 0 rings (SSSR count). The molecule has 62 heavy (non-hydrogen) atoms. The third-order valence-electron chi connectivity index (χ3n) is 6.70. The summed E-state index contributed by atoms with van der Waals surface area (Å²) in [5.41, 5.74) is 0. The maximum Gasteiger partial charge on any atom is 2.00 e. The molecule has 0 radical (unpaired) electrons. The molecule has 38 heteroatoms. The van der Waals surface area contributed by atoms with Crippen LogP contribution in [0.15, 0.2) is 0 Å². The van der Waals surface area contributed by atoms with Gasteiger partial charge < -0.3 is 0 Å². The molecule has 0 aliphatic heterocycles. The molecule has 0 aromatic heterocycles. The SMILES string of the molecule is CN(C)P(=O)(OP(=O)(N(C)C)N(C)C)N(C)C.CN(C)P(=O)(OP(=O)(N(C)C)N(C)C)N(C)C.CN(C)P(=O)(OP(=O)(N(C)C)N(C)C)N(C)C.[Ni+2].[O-][Cl+3]([O-])([O-])[O-].[O-][Cl+3]([O-])([O-])[O-]. The van der Waals surface area contributed by atoms with E-state index in [0.29, 0.717) is 0 Å². The molecule has 0 spiro atoms. The fraction of sp³-hybridized carbons (Fsp3) is 1.00. The van der Waals surface area contributed by atoms with E-state index in [1.807, 2.05) is 0 Å². The van der Waals surface area contributed by atoms with Crippen LogP contribution in [-0.2, 0) is 56.8 Å². The first-order valence-electron chi connectivity index (χ1n) is 16.6. The molecule has 384 valence electrons. The minimum Gasteiger partial charge on any atom is -0.255 e. The maximum atomic E-state index is 12.6. The molecule has 0 aromatic rings. The van der Waals surface area contributed by atoms with E-state index in [9.17, 15) is 27.4 Å². The predicted octanol–water partition coefficient (Wildman–Crippen LogP) is -5.12. The zero-order valence-corrected chi connectivity index (χ0v) is 47.9. The standard InChI is InChI=1S/3C8H24N4O3P2.2ClHO4.Ni/c3*1-9(2)16(13,10(3)4)15-17(14,11(5)6)12(7)8;2*2-1(3,4)5;/h3*1-8H3;2*(H,2,3,4,5);/q;;;;;+2/p-2. The van der Waals surface area contributed by atoms with Crippen molar-refractivity contribution < 1.29 is 115 Å². The fourth-order valence-electron chi connectivity index (χ4n) is 3.44. The van der Waals surface area contributed by atoms with E-state index in [1.165, 1.54) is 56.0 Å². The summed E-state index contributed by atoms with van der Waals surface area (Å²) in [6, 6.07) is 0. The molecule has 29 nitrogen and oxygen atoms in total. The van der Waals surface area contributed by atoms with E-state index in [-0.39, 0.29) is 16.5 Å². The smallest absolute Gasteiger partial charge is 0.255 e. The van der Waals surface area contributed by atoms with Gasteiger partial charge in [-0.25, -0.2) is 106 Å². The third-order valence-corrected chi connectivity index (χ3v) is 23.9. The molecule has 0 amide bonds. The maximum absolute atomic E-state index is 12.6. The van der Waals surface area contributed by atoms with E-state index in [4.69, 9.17) is 50.2 Å². The Morgan fingerprint density at radius 1 is 0.242 bits per heavy atom. The summed E-state index contributed by atoms with van der Waals surface area (Å²) in [4.78, 5) is 0. The first-order valence-corrected chi connectivity index (χ1v) is 28.2. The largest absolute Gasteiger partial charge is 2.00 e. The second kappa shape index (κ2) is 30.2. The minimum absolute atomic E-state index is 0. The first-order chi connectivity index (χ1) is 26.4. The summed E-state index contributed by atoms with van der Waals surface area (Å²) in [6.45, 7) is 0. The van der Waals surface area contributed by atoms with Gasteiger partial charge in [0.2, 0.25) is 0 Å². The van der Waals surface area contributed by atoms with E-state index in [0.717, 1.165) is 0 Å². The average molecular weight is 1120 g/mol. The molecule has 0 atom stereocenters. The van der Waals surface area contributed by atoms with Crippen molar-refractivity contribution in [3.8, 4) is 0 Å². The Balaban J connectivity index is -0.000000169. The molecule has 0 saturated carbocycles. The first kappa shape index (κ1) is 75.1. The molecule has 0 heterocycles. The van der Waals surface area contributed by atoms with Crippen molar-refractivity contribution in [2.45, 2.75) is 0 Å². The monoisotopic (exact) mass is 1110 g/mol. The molecule has 0 fully saturated rings. The van der Waals surface area contributed by atoms with Crippen LogP contribution in [0.1, 0.15) is 0 Å². The van der Waals surface area contributed by atoms with Crippen molar-refractivity contribution in [2.75, 3.05) is 169 Å². The van der Waals surface area contributed by atoms with Gasteiger partial charge in [0, 0.05) is 0 Å². The summed E-state index contributed by atoms with van der Waals surface area (Å²) in [5, 5.41) is 0. The second-order valence-corrected chi connectivity index (χ2v) is 33.1. The van der Waals surface area contributed by atoms with Crippen LogP contribution in [0.3, 0.4) is 0 Å². The van der Waals surface area contributed by atoms with Crippen molar-refractivity contribution in [3.05, 3.63) is 0 Å². The van der Waals surface area contributed by atoms with Crippen LogP contribution in [0.5, 0.6) is 0 Å². The Hall–Kier alpha value is 1.53. The summed E-state index contributed by atoms with van der Waals surface area (Å²) in [7, 11) is 9.73. The van der Waals surface area contributed by atoms with Crippen LogP contribution >= 0.6 is 46.0 Å². The number of rotatable bonds is 18. The van der Waals surface area contributed by atoms with Crippen LogP contribution in [0.2, 0.25) is 0 Å². The Labute approximate surface area is 384 Å². The van der Waals surface area contributed by atoms with Crippen molar-refractivity contribution in [3.63, 3.8) is 0 Å². The van der Waals surface area contributed by atoms with E-state index in [2.05, 4.69) is 0 Å². The molecule has 0 saturated heterocycles. The minimum atomic E-state index is -4.94. The summed E-state index contributed by atoms with van der Waals surface area (Å²) in [6.07, 6.45) is 0. The molecule has 0 aromatic carbocycles. The van der Waals surface area contributed by atoms with Gasteiger partial charge in [-0.15, -0.1) is 20.5 Å². The van der Waals surface area contributed by atoms with Crippen LogP contribution in [0.25, 0.3) is 0 Å². The third kappa shape index (κ3) is 26.9. The number of halogens is 2. The van der Waals surface area contributed by atoms with E-state index < -0.39 is 66.5 Å². The van der Waals surface area contributed by atoms with Crippen LogP contribution in [0, 0.1) is 20.5 Å². The van der Waals surface area contributed by atoms with Gasteiger partial charge >= 0.3 is 62.5 Å². The second-order valence-electron chi connectivity index (χ2n) is 14.1. The van der Waals surface area contributed by atoms with Crippen molar-refractivity contribution in [2.24, 2.45) is 0 Å². The predicted molar refractivity (Wildman–Crippen MR) is 213 cm³/mol. The van der Waals surface area contributed by atoms with Gasteiger partial charge in [0.25, 0.3) is 0 Å². The van der Waals surface area contributed by atoms with Gasteiger partial charge in [0.15, 0.2) is 0 Å². The van der Waals surface area contributed by atoms with E-state index in [1.54, 1.807) is 169 Å². The number of hydrogen-bond acceptors (Lipinski definition) is 17. The molecule has 0 aliphatic rings. The summed E-state index contributed by atoms with van der Waals surface area (Å²) >= 11 is 0. The molecular weight excluding hydrogens is 1040 g/mol. The molecule has 0 bridgehead atoms. The topological polar surface area (TPSA) is 353 Å². The molecular formula is C24H72Cl2N12NiO17P6. The Kier molecular flexibility index (Phi) is 36.6. The number of nitrogens with zero attached hydrogens (tertiary/aromatic N) is 12. The Bertz CT molecular complexity index is 1210. The average Bonchev–Trinajstić information content (AvgIpc) is 3.02. The fourth-order valence-corrected chi connectivity index (χ4v) is 18.1. The van der Waals surface area contributed by atoms with Gasteiger partial charge in [0.1, 0.15) is 0 Å². The van der Waals surface area contributed by atoms with Crippen LogP contribution in [0.4, 0.5) is 0 Å². The summed E-state index contributed by atoms with van der Waals surface area (Å²) in [5.74, 6) is 0. The van der Waals surface area contributed by atoms with Crippen molar-refractivity contribution in [1.82, 2.24) is 56.0 Å². The van der Waals surface area contributed by atoms with Crippen molar-refractivity contribution >= 4 is 46.0 Å². The molecule has 0 N–H and O–H groups in total. The quantitative estimate of drug-likeness (QED) is 0.0915. The molecule has 0 unspecified atom stereocenters. The Morgan fingerprint density at radius 3 is 0.323 bits per heavy atom. The van der Waals surface area contributed by atoms with Gasteiger partial charge in [0.05, 0.1) is 0 Å². The van der Waals surface area contributed by atoms with Gasteiger partial charge in [-0.2, -0.15) is 0 Å². The van der Waals surface area contributed by atoms with Gasteiger partial charge in [-0.1, -0.05) is 0 Å². The van der Waals surface area contributed by atoms with Crippen molar-refractivity contribution in [1.29, 1.82) is 0 Å². The van der Waals surface area contributed by atoms with Gasteiger partial charge in [-0.05, 0) is 169 Å². The summed E-state index contributed by atoms with van der Waals surface area (Å²) < 4.78 is 178. The van der Waals surface area contributed by atoms with Gasteiger partial charge in [-0.3, -0.25) is 27.4 Å². The zero-order valence-electron chi connectivity index (χ0n) is 40.1. The number of hydrogen-bond donors (Lipinski definition) is 0. The van der Waals surface area contributed by atoms with E-state index >= 15 is 0 Å². The Morgan fingerprint density at radius 2 is 0.290 bits per heavy atom. The zero-order chi connectivity index (χ0) is 51.0. The van der Waals surface area contributed by atoms with Crippen LogP contribution < -0.4 is 37.3 Å². The molecule has 0 aliphatic carbocycles. The van der Waals surface area contributed by atoms with Crippen LogP contribution in [-0.4, -0.2) is 225 Å². The normalized spacial score (nSPS) is 13.7.